The van der Waals surface area contributed by atoms with Crippen molar-refractivity contribution in [3.63, 3.8) is 0 Å². The number of unbranched alkanes of at least 4 members (excludes halogenated alkanes) is 8. The average Bonchev–Trinajstić information content (AvgIpc) is 2.30. The fourth-order valence-corrected chi connectivity index (χ4v) is 1.87. The summed E-state index contributed by atoms with van der Waals surface area (Å²) in [6.45, 7) is 2.24. The van der Waals surface area contributed by atoms with Crippen LogP contribution >= 0.6 is 0 Å². The third kappa shape index (κ3) is 15.7. The Kier molecular flexibility index (Phi) is 13.4. The summed E-state index contributed by atoms with van der Waals surface area (Å²) in [6, 6.07) is 0. The molecule has 0 rings (SSSR count). The van der Waals surface area contributed by atoms with Crippen LogP contribution in [0.5, 0.6) is 0 Å². The average molecular weight is 242 g/mol. The van der Waals surface area contributed by atoms with Crippen LogP contribution in [0, 0.1) is 0 Å². The molecule has 0 aliphatic carbocycles. The van der Waals surface area contributed by atoms with Crippen molar-refractivity contribution in [3.05, 3.63) is 12.2 Å². The lowest BCUT2D eigenvalue weighted by molar-refractivity contribution is -0.0466. The number of hydrogen-bond donors (Lipinski definition) is 2. The molecule has 17 heavy (non-hydrogen) atoms. The van der Waals surface area contributed by atoms with E-state index in [0.717, 1.165) is 12.8 Å². The van der Waals surface area contributed by atoms with Crippen molar-refractivity contribution in [3.8, 4) is 0 Å². The predicted octanol–water partition coefficient (Wildman–Crippen LogP) is 4.16. The zero-order valence-corrected chi connectivity index (χ0v) is 11.4. The van der Waals surface area contributed by atoms with Gasteiger partial charge in [0, 0.05) is 0 Å². The molecular weight excluding hydrogens is 212 g/mol. The highest BCUT2D eigenvalue weighted by atomic mass is 16.5. The fourth-order valence-electron chi connectivity index (χ4n) is 1.87. The van der Waals surface area contributed by atoms with Crippen LogP contribution in [0.25, 0.3) is 0 Å². The van der Waals surface area contributed by atoms with Gasteiger partial charge in [-0.15, -0.1) is 0 Å². The minimum absolute atomic E-state index is 0.525. The first-order valence-corrected chi connectivity index (χ1v) is 7.28. The van der Waals surface area contributed by atoms with Crippen LogP contribution in [0.3, 0.4) is 0 Å². The zero-order chi connectivity index (χ0) is 12.8. The Morgan fingerprint density at radius 3 is 1.88 bits per heavy atom. The van der Waals surface area contributed by atoms with Gasteiger partial charge in [0.2, 0.25) is 0 Å². The highest BCUT2D eigenvalue weighted by Crippen LogP contribution is 2.09. The summed E-state index contributed by atoms with van der Waals surface area (Å²) in [5.74, 6) is 0. The van der Waals surface area contributed by atoms with Crippen LogP contribution in [0.15, 0.2) is 12.2 Å². The van der Waals surface area contributed by atoms with Crippen LogP contribution in [0.1, 0.15) is 77.6 Å². The van der Waals surface area contributed by atoms with Crippen LogP contribution in [-0.2, 0) is 0 Å². The second-order valence-corrected chi connectivity index (χ2v) is 4.79. The summed E-state index contributed by atoms with van der Waals surface area (Å²) in [5, 5.41) is 17.3. The Morgan fingerprint density at radius 2 is 1.29 bits per heavy atom. The number of allylic oxidation sites excluding steroid dienone is 2. The van der Waals surface area contributed by atoms with Gasteiger partial charge in [0.25, 0.3) is 0 Å². The van der Waals surface area contributed by atoms with E-state index in [1.807, 2.05) is 0 Å². The second kappa shape index (κ2) is 13.7. The summed E-state index contributed by atoms with van der Waals surface area (Å²) in [4.78, 5) is 0. The Bertz CT molecular complexity index is 164. The van der Waals surface area contributed by atoms with E-state index in [1.54, 1.807) is 0 Å². The maximum absolute atomic E-state index is 8.66. The SMILES string of the molecule is CCCCCC=CCCCCCCCC(O)O. The Morgan fingerprint density at radius 1 is 0.765 bits per heavy atom. The van der Waals surface area contributed by atoms with Crippen molar-refractivity contribution in [1.29, 1.82) is 0 Å². The lowest BCUT2D eigenvalue weighted by Crippen LogP contribution is -2.02. The number of rotatable bonds is 12. The van der Waals surface area contributed by atoms with Gasteiger partial charge in [-0.2, -0.15) is 0 Å². The van der Waals surface area contributed by atoms with E-state index >= 15 is 0 Å². The monoisotopic (exact) mass is 242 g/mol. The number of aliphatic hydroxyl groups excluding tert-OH is 1. The van der Waals surface area contributed by atoms with Gasteiger partial charge in [-0.3, -0.25) is 0 Å². The molecule has 0 fully saturated rings. The van der Waals surface area contributed by atoms with Crippen LogP contribution in [0.2, 0.25) is 0 Å². The van der Waals surface area contributed by atoms with E-state index < -0.39 is 6.29 Å². The van der Waals surface area contributed by atoms with E-state index in [-0.39, 0.29) is 0 Å². The summed E-state index contributed by atoms with van der Waals surface area (Å²) >= 11 is 0. The molecule has 0 bridgehead atoms. The van der Waals surface area contributed by atoms with E-state index in [1.165, 1.54) is 51.4 Å². The smallest absolute Gasteiger partial charge is 0.151 e. The van der Waals surface area contributed by atoms with Gasteiger partial charge in [0.05, 0.1) is 0 Å². The van der Waals surface area contributed by atoms with Crippen LogP contribution in [0.4, 0.5) is 0 Å². The topological polar surface area (TPSA) is 40.5 Å². The van der Waals surface area contributed by atoms with Crippen molar-refractivity contribution in [1.82, 2.24) is 0 Å². The van der Waals surface area contributed by atoms with E-state index in [2.05, 4.69) is 19.1 Å². The lowest BCUT2D eigenvalue weighted by atomic mass is 10.1. The van der Waals surface area contributed by atoms with Gasteiger partial charge in [-0.05, 0) is 38.5 Å². The molecule has 0 saturated heterocycles. The highest BCUT2D eigenvalue weighted by Gasteiger charge is 1.96. The van der Waals surface area contributed by atoms with Crippen molar-refractivity contribution in [2.45, 2.75) is 83.8 Å². The van der Waals surface area contributed by atoms with Gasteiger partial charge >= 0.3 is 0 Å². The molecule has 0 aromatic heterocycles. The molecule has 0 radical (unpaired) electrons. The van der Waals surface area contributed by atoms with Crippen molar-refractivity contribution < 1.29 is 10.2 Å². The van der Waals surface area contributed by atoms with Crippen molar-refractivity contribution >= 4 is 0 Å². The first-order valence-electron chi connectivity index (χ1n) is 7.28. The summed E-state index contributed by atoms with van der Waals surface area (Å²) in [7, 11) is 0. The first-order chi connectivity index (χ1) is 8.27. The standard InChI is InChI=1S/C15H30O2/c1-2-3-4-5-6-7-8-9-10-11-12-13-14-15(16)17/h6-7,15-17H,2-5,8-14H2,1H3. The third-order valence-corrected chi connectivity index (χ3v) is 2.97. The molecule has 2 nitrogen and oxygen atoms in total. The van der Waals surface area contributed by atoms with E-state index in [9.17, 15) is 0 Å². The molecule has 0 unspecified atom stereocenters. The molecule has 0 atom stereocenters. The minimum Gasteiger partial charge on any atom is -0.368 e. The quantitative estimate of drug-likeness (QED) is 0.306. The van der Waals surface area contributed by atoms with Crippen LogP contribution in [-0.4, -0.2) is 16.5 Å². The maximum Gasteiger partial charge on any atom is 0.151 e. The van der Waals surface area contributed by atoms with E-state index in [4.69, 9.17) is 10.2 Å². The van der Waals surface area contributed by atoms with Crippen molar-refractivity contribution in [2.75, 3.05) is 0 Å². The lowest BCUT2D eigenvalue weighted by Gasteiger charge is -2.02. The minimum atomic E-state index is -1.11. The van der Waals surface area contributed by atoms with Gasteiger partial charge in [0.15, 0.2) is 6.29 Å². The molecular formula is C15H30O2. The van der Waals surface area contributed by atoms with Crippen LogP contribution < -0.4 is 0 Å². The third-order valence-electron chi connectivity index (χ3n) is 2.97. The largest absolute Gasteiger partial charge is 0.368 e. The molecule has 2 heteroatoms. The molecule has 0 amide bonds. The molecule has 0 aliphatic heterocycles. The molecule has 0 heterocycles. The Hall–Kier alpha value is -0.340. The maximum atomic E-state index is 8.66. The number of hydrogen-bond acceptors (Lipinski definition) is 2. The molecule has 0 spiro atoms. The van der Waals surface area contributed by atoms with Gasteiger partial charge in [-0.25, -0.2) is 0 Å². The van der Waals surface area contributed by atoms with E-state index in [0.29, 0.717) is 6.42 Å². The normalized spacial score (nSPS) is 11.8. The van der Waals surface area contributed by atoms with Gasteiger partial charge < -0.3 is 10.2 Å². The highest BCUT2D eigenvalue weighted by molar-refractivity contribution is 4.81. The second-order valence-electron chi connectivity index (χ2n) is 4.79. The van der Waals surface area contributed by atoms with Crippen molar-refractivity contribution in [2.24, 2.45) is 0 Å². The Balaban J connectivity index is 3.02. The summed E-state index contributed by atoms with van der Waals surface area (Å²) in [6.07, 6.45) is 16.3. The molecule has 0 aromatic rings. The summed E-state index contributed by atoms with van der Waals surface area (Å²) in [5.41, 5.74) is 0. The van der Waals surface area contributed by atoms with Gasteiger partial charge in [0.1, 0.15) is 0 Å². The molecule has 0 saturated carbocycles. The predicted molar refractivity (Wildman–Crippen MR) is 73.8 cm³/mol. The zero-order valence-electron chi connectivity index (χ0n) is 11.4. The summed E-state index contributed by atoms with van der Waals surface area (Å²) < 4.78 is 0. The molecule has 0 aliphatic rings. The number of aliphatic hydroxyl groups is 2. The molecule has 0 aromatic carbocycles. The van der Waals surface area contributed by atoms with Gasteiger partial charge in [-0.1, -0.05) is 51.2 Å². The first kappa shape index (κ1) is 16.7. The molecule has 2 N–H and O–H groups in total. The fraction of sp³-hybridized carbons (Fsp3) is 0.867. The Labute approximate surface area is 107 Å². The molecule has 102 valence electrons.